The van der Waals surface area contributed by atoms with Crippen LogP contribution in [0.4, 0.5) is 8.78 Å². The molecule has 0 spiro atoms. The number of ketones is 1. The van der Waals surface area contributed by atoms with Crippen molar-refractivity contribution in [3.8, 4) is 5.75 Å². The summed E-state index contributed by atoms with van der Waals surface area (Å²) in [5, 5.41) is 9.48. The first-order chi connectivity index (χ1) is 8.56. The second-order valence-electron chi connectivity index (χ2n) is 3.89. The SMILES string of the molecule is O=C(Cc1cccc(F)c1)c1cc(F)ccc1O. The number of phenolic OH excluding ortho intramolecular Hbond substituents is 1. The zero-order valence-electron chi connectivity index (χ0n) is 9.36. The lowest BCUT2D eigenvalue weighted by molar-refractivity contribution is 0.0990. The number of halogens is 2. The summed E-state index contributed by atoms with van der Waals surface area (Å²) in [7, 11) is 0. The van der Waals surface area contributed by atoms with Crippen LogP contribution >= 0.6 is 0 Å². The summed E-state index contributed by atoms with van der Waals surface area (Å²) in [6.07, 6.45) is -0.0885. The minimum atomic E-state index is -0.601. The molecule has 0 aliphatic heterocycles. The molecule has 0 amide bonds. The van der Waals surface area contributed by atoms with Crippen LogP contribution in [0.15, 0.2) is 42.5 Å². The van der Waals surface area contributed by atoms with Gasteiger partial charge in [-0.1, -0.05) is 12.1 Å². The van der Waals surface area contributed by atoms with Crippen molar-refractivity contribution >= 4 is 5.78 Å². The lowest BCUT2D eigenvalue weighted by Gasteiger charge is -2.04. The number of carbonyl (C=O) groups excluding carboxylic acids is 1. The predicted octanol–water partition coefficient (Wildman–Crippen LogP) is 3.10. The molecule has 18 heavy (non-hydrogen) atoms. The second kappa shape index (κ2) is 4.96. The minimum Gasteiger partial charge on any atom is -0.507 e. The Bertz CT molecular complexity index is 594. The van der Waals surface area contributed by atoms with Crippen LogP contribution in [-0.4, -0.2) is 10.9 Å². The molecule has 0 fully saturated rings. The van der Waals surface area contributed by atoms with E-state index < -0.39 is 17.4 Å². The van der Waals surface area contributed by atoms with E-state index in [1.165, 1.54) is 18.2 Å². The fourth-order valence-corrected chi connectivity index (χ4v) is 1.66. The molecule has 0 radical (unpaired) electrons. The molecule has 92 valence electrons. The van der Waals surface area contributed by atoms with E-state index in [1.807, 2.05) is 0 Å². The largest absolute Gasteiger partial charge is 0.507 e. The van der Waals surface area contributed by atoms with E-state index in [4.69, 9.17) is 0 Å². The average molecular weight is 248 g/mol. The van der Waals surface area contributed by atoms with Gasteiger partial charge in [0.15, 0.2) is 5.78 Å². The molecule has 4 heteroatoms. The zero-order valence-corrected chi connectivity index (χ0v) is 9.36. The van der Waals surface area contributed by atoms with Crippen molar-refractivity contribution in [3.63, 3.8) is 0 Å². The average Bonchev–Trinajstić information content (AvgIpc) is 2.32. The molecule has 0 unspecified atom stereocenters. The molecule has 0 bridgehead atoms. The smallest absolute Gasteiger partial charge is 0.171 e. The summed E-state index contributed by atoms with van der Waals surface area (Å²) >= 11 is 0. The van der Waals surface area contributed by atoms with Crippen molar-refractivity contribution in [2.45, 2.75) is 6.42 Å². The minimum absolute atomic E-state index is 0.0885. The maximum atomic E-state index is 13.0. The molecule has 0 saturated carbocycles. The van der Waals surface area contributed by atoms with E-state index in [-0.39, 0.29) is 17.7 Å². The summed E-state index contributed by atoms with van der Waals surface area (Å²) in [5.41, 5.74) is 0.378. The van der Waals surface area contributed by atoms with Gasteiger partial charge in [-0.2, -0.15) is 0 Å². The summed E-state index contributed by atoms with van der Waals surface area (Å²) in [6, 6.07) is 8.74. The third kappa shape index (κ3) is 2.71. The number of carbonyl (C=O) groups is 1. The van der Waals surface area contributed by atoms with Gasteiger partial charge in [0.25, 0.3) is 0 Å². The van der Waals surface area contributed by atoms with Gasteiger partial charge in [-0.3, -0.25) is 4.79 Å². The molecular weight excluding hydrogens is 238 g/mol. The highest BCUT2D eigenvalue weighted by Crippen LogP contribution is 2.20. The Morgan fingerprint density at radius 3 is 2.50 bits per heavy atom. The van der Waals surface area contributed by atoms with Crippen LogP contribution in [0.5, 0.6) is 5.75 Å². The molecule has 1 N–H and O–H groups in total. The van der Waals surface area contributed by atoms with E-state index in [1.54, 1.807) is 6.07 Å². The van der Waals surface area contributed by atoms with E-state index in [0.717, 1.165) is 18.2 Å². The lowest BCUT2D eigenvalue weighted by Crippen LogP contribution is -2.04. The highest BCUT2D eigenvalue weighted by Gasteiger charge is 2.13. The summed E-state index contributed by atoms with van der Waals surface area (Å²) in [6.45, 7) is 0. The van der Waals surface area contributed by atoms with E-state index in [9.17, 15) is 18.7 Å². The molecule has 0 saturated heterocycles. The predicted molar refractivity (Wildman–Crippen MR) is 62.5 cm³/mol. The normalized spacial score (nSPS) is 10.3. The van der Waals surface area contributed by atoms with Gasteiger partial charge in [0.05, 0.1) is 5.56 Å². The summed E-state index contributed by atoms with van der Waals surface area (Å²) in [5.74, 6) is -1.78. The van der Waals surface area contributed by atoms with Crippen LogP contribution in [0.25, 0.3) is 0 Å². The topological polar surface area (TPSA) is 37.3 Å². The molecule has 2 aromatic rings. The van der Waals surface area contributed by atoms with Crippen LogP contribution in [0.3, 0.4) is 0 Å². The number of aromatic hydroxyl groups is 1. The Labute approximate surface area is 103 Å². The Morgan fingerprint density at radius 2 is 1.78 bits per heavy atom. The van der Waals surface area contributed by atoms with Crippen molar-refractivity contribution in [1.82, 2.24) is 0 Å². The second-order valence-corrected chi connectivity index (χ2v) is 3.89. The van der Waals surface area contributed by atoms with Crippen LogP contribution in [0.2, 0.25) is 0 Å². The van der Waals surface area contributed by atoms with Crippen molar-refractivity contribution < 1.29 is 18.7 Å². The van der Waals surface area contributed by atoms with Gasteiger partial charge in [0.2, 0.25) is 0 Å². The molecule has 2 nitrogen and oxygen atoms in total. The molecule has 0 aromatic heterocycles. The maximum absolute atomic E-state index is 13.0. The molecule has 0 heterocycles. The third-order valence-corrected chi connectivity index (χ3v) is 2.51. The molecular formula is C14H10F2O2. The maximum Gasteiger partial charge on any atom is 0.171 e. The number of benzene rings is 2. The fourth-order valence-electron chi connectivity index (χ4n) is 1.66. The number of hydrogen-bond donors (Lipinski definition) is 1. The first kappa shape index (κ1) is 12.2. The number of Topliss-reactive ketones (excluding diaryl/α,β-unsaturated/α-hetero) is 1. The summed E-state index contributed by atoms with van der Waals surface area (Å²) in [4.78, 5) is 11.8. The monoisotopic (exact) mass is 248 g/mol. The van der Waals surface area contributed by atoms with E-state index >= 15 is 0 Å². The molecule has 2 aromatic carbocycles. The van der Waals surface area contributed by atoms with E-state index in [0.29, 0.717) is 5.56 Å². The Morgan fingerprint density at radius 1 is 1.06 bits per heavy atom. The van der Waals surface area contributed by atoms with Crippen LogP contribution in [0.1, 0.15) is 15.9 Å². The molecule has 0 aliphatic carbocycles. The molecule has 2 rings (SSSR count). The van der Waals surface area contributed by atoms with Gasteiger partial charge in [-0.25, -0.2) is 8.78 Å². The van der Waals surface area contributed by atoms with E-state index in [2.05, 4.69) is 0 Å². The van der Waals surface area contributed by atoms with Gasteiger partial charge in [0.1, 0.15) is 17.4 Å². The van der Waals surface area contributed by atoms with Gasteiger partial charge in [0, 0.05) is 6.42 Å². The van der Waals surface area contributed by atoms with Gasteiger partial charge >= 0.3 is 0 Å². The highest BCUT2D eigenvalue weighted by molar-refractivity contribution is 5.99. The van der Waals surface area contributed by atoms with Crippen LogP contribution < -0.4 is 0 Å². The number of hydrogen-bond acceptors (Lipinski definition) is 2. The number of rotatable bonds is 3. The van der Waals surface area contributed by atoms with Crippen molar-refractivity contribution in [2.75, 3.05) is 0 Å². The fraction of sp³-hybridized carbons (Fsp3) is 0.0714. The standard InChI is InChI=1S/C14H10F2O2/c15-10-3-1-2-9(6-10)7-14(18)12-8-11(16)4-5-13(12)17/h1-6,8,17H,7H2. The third-order valence-electron chi connectivity index (χ3n) is 2.51. The first-order valence-electron chi connectivity index (χ1n) is 5.32. The Balaban J connectivity index is 2.24. The Hall–Kier alpha value is -2.23. The quantitative estimate of drug-likeness (QED) is 0.847. The molecule has 0 atom stereocenters. The van der Waals surface area contributed by atoms with Crippen molar-refractivity contribution in [3.05, 3.63) is 65.2 Å². The van der Waals surface area contributed by atoms with Gasteiger partial charge in [-0.15, -0.1) is 0 Å². The highest BCUT2D eigenvalue weighted by atomic mass is 19.1. The van der Waals surface area contributed by atoms with Crippen LogP contribution in [-0.2, 0) is 6.42 Å². The van der Waals surface area contributed by atoms with Crippen molar-refractivity contribution in [2.24, 2.45) is 0 Å². The van der Waals surface area contributed by atoms with Crippen LogP contribution in [0, 0.1) is 11.6 Å². The Kier molecular flexibility index (Phi) is 3.37. The van der Waals surface area contributed by atoms with Gasteiger partial charge in [-0.05, 0) is 35.9 Å². The summed E-state index contributed by atoms with van der Waals surface area (Å²) < 4.78 is 25.9. The molecule has 0 aliphatic rings. The zero-order chi connectivity index (χ0) is 13.1. The van der Waals surface area contributed by atoms with Gasteiger partial charge < -0.3 is 5.11 Å². The first-order valence-corrected chi connectivity index (χ1v) is 5.32. The lowest BCUT2D eigenvalue weighted by atomic mass is 10.0. The number of phenols is 1. The van der Waals surface area contributed by atoms with Crippen molar-refractivity contribution in [1.29, 1.82) is 0 Å².